The Bertz CT molecular complexity index is 579. The molecule has 1 aromatic rings. The Labute approximate surface area is 120 Å². The van der Waals surface area contributed by atoms with Crippen molar-refractivity contribution < 1.29 is 18.3 Å². The van der Waals surface area contributed by atoms with Gasteiger partial charge in [-0.2, -0.15) is 0 Å². The molecule has 1 rings (SSSR count). The fourth-order valence-electron chi connectivity index (χ4n) is 1.50. The van der Waals surface area contributed by atoms with Crippen LogP contribution in [0.25, 0.3) is 0 Å². The average molecular weight is 299 g/mol. The first-order chi connectivity index (χ1) is 9.22. The molecule has 0 saturated carbocycles. The average Bonchev–Trinajstić information content (AvgIpc) is 2.45. The van der Waals surface area contributed by atoms with Gasteiger partial charge in [0.2, 0.25) is 10.0 Å². The lowest BCUT2D eigenvalue weighted by Crippen LogP contribution is -2.40. The molecule has 2 N–H and O–H groups in total. The number of rotatable bonds is 7. The van der Waals surface area contributed by atoms with E-state index in [2.05, 4.69) is 4.72 Å². The minimum atomic E-state index is -3.73. The van der Waals surface area contributed by atoms with Crippen LogP contribution in [0.5, 0.6) is 0 Å². The molecule has 0 aliphatic heterocycles. The summed E-state index contributed by atoms with van der Waals surface area (Å²) in [5.41, 5.74) is -0.721. The summed E-state index contributed by atoms with van der Waals surface area (Å²) in [6.45, 7) is 4.99. The van der Waals surface area contributed by atoms with E-state index < -0.39 is 15.6 Å². The molecule has 0 aromatic heterocycles. The predicted octanol–water partition coefficient (Wildman–Crippen LogP) is 1.72. The molecule has 0 fully saturated rings. The lowest BCUT2D eigenvalue weighted by Gasteiger charge is -2.21. The van der Waals surface area contributed by atoms with E-state index in [1.165, 1.54) is 18.2 Å². The number of carbonyl (C=O) groups is 1. The Balaban J connectivity index is 2.96. The van der Waals surface area contributed by atoms with Crippen molar-refractivity contribution in [1.82, 2.24) is 4.72 Å². The van der Waals surface area contributed by atoms with Crippen molar-refractivity contribution in [3.63, 3.8) is 0 Å². The van der Waals surface area contributed by atoms with Crippen molar-refractivity contribution in [3.8, 4) is 0 Å². The first-order valence-corrected chi connectivity index (χ1v) is 8.05. The van der Waals surface area contributed by atoms with Crippen molar-refractivity contribution >= 4 is 15.8 Å². The van der Waals surface area contributed by atoms with Gasteiger partial charge in [-0.05, 0) is 25.5 Å². The Morgan fingerprint density at radius 2 is 2.00 bits per heavy atom. The van der Waals surface area contributed by atoms with Gasteiger partial charge in [0.15, 0.2) is 5.78 Å². The van der Waals surface area contributed by atoms with Crippen LogP contribution in [0.3, 0.4) is 0 Å². The molecule has 0 heterocycles. The SMILES string of the molecule is CCC(=O)c1cccc(S(=O)(=O)NCC(C)(O)CC)c1. The number of aliphatic hydroxyl groups is 1. The third kappa shape index (κ3) is 4.40. The quantitative estimate of drug-likeness (QED) is 0.751. The highest BCUT2D eigenvalue weighted by Gasteiger charge is 2.22. The van der Waals surface area contributed by atoms with Gasteiger partial charge in [0.05, 0.1) is 10.5 Å². The summed E-state index contributed by atoms with van der Waals surface area (Å²) >= 11 is 0. The number of carbonyl (C=O) groups excluding carboxylic acids is 1. The third-order valence-corrected chi connectivity index (χ3v) is 4.59. The van der Waals surface area contributed by atoms with Gasteiger partial charge in [-0.1, -0.05) is 26.0 Å². The van der Waals surface area contributed by atoms with Gasteiger partial charge in [-0.25, -0.2) is 13.1 Å². The molecule has 0 bridgehead atoms. The van der Waals surface area contributed by atoms with Crippen molar-refractivity contribution in [3.05, 3.63) is 29.8 Å². The van der Waals surface area contributed by atoms with E-state index in [9.17, 15) is 18.3 Å². The Morgan fingerprint density at radius 3 is 2.55 bits per heavy atom. The number of nitrogens with one attached hydrogen (secondary N) is 1. The zero-order valence-electron chi connectivity index (χ0n) is 12.0. The van der Waals surface area contributed by atoms with E-state index in [1.807, 2.05) is 0 Å². The zero-order valence-corrected chi connectivity index (χ0v) is 12.8. The van der Waals surface area contributed by atoms with Gasteiger partial charge >= 0.3 is 0 Å². The van der Waals surface area contributed by atoms with Crippen molar-refractivity contribution in [2.45, 2.75) is 44.1 Å². The van der Waals surface area contributed by atoms with Crippen LogP contribution in [0.1, 0.15) is 44.0 Å². The van der Waals surface area contributed by atoms with Crippen LogP contribution in [-0.2, 0) is 10.0 Å². The molecule has 1 unspecified atom stereocenters. The lowest BCUT2D eigenvalue weighted by atomic mass is 10.1. The maximum Gasteiger partial charge on any atom is 0.240 e. The molecule has 0 aliphatic rings. The molecule has 20 heavy (non-hydrogen) atoms. The topological polar surface area (TPSA) is 83.5 Å². The lowest BCUT2D eigenvalue weighted by molar-refractivity contribution is 0.0613. The van der Waals surface area contributed by atoms with Gasteiger partial charge in [0.25, 0.3) is 0 Å². The Kier molecular flexibility index (Phi) is 5.44. The summed E-state index contributed by atoms with van der Waals surface area (Å²) in [5, 5.41) is 9.83. The van der Waals surface area contributed by atoms with Crippen LogP contribution in [0.15, 0.2) is 29.2 Å². The standard InChI is InChI=1S/C14H21NO4S/c1-4-13(16)11-7-6-8-12(9-11)20(18,19)15-10-14(3,17)5-2/h6-9,15,17H,4-5,10H2,1-3H3. The molecule has 1 atom stereocenters. The number of hydrogen-bond donors (Lipinski definition) is 2. The third-order valence-electron chi connectivity index (χ3n) is 3.19. The second kappa shape index (κ2) is 6.47. The van der Waals surface area contributed by atoms with Gasteiger partial charge < -0.3 is 5.11 Å². The second-order valence-electron chi connectivity index (χ2n) is 4.98. The number of hydrogen-bond acceptors (Lipinski definition) is 4. The highest BCUT2D eigenvalue weighted by Crippen LogP contribution is 2.14. The van der Waals surface area contributed by atoms with Crippen LogP contribution in [-0.4, -0.2) is 31.5 Å². The van der Waals surface area contributed by atoms with E-state index in [4.69, 9.17) is 0 Å². The van der Waals surface area contributed by atoms with E-state index in [1.54, 1.807) is 26.8 Å². The Morgan fingerprint density at radius 1 is 1.35 bits per heavy atom. The van der Waals surface area contributed by atoms with Crippen molar-refractivity contribution in [2.24, 2.45) is 0 Å². The van der Waals surface area contributed by atoms with E-state index in [-0.39, 0.29) is 17.2 Å². The van der Waals surface area contributed by atoms with Crippen LogP contribution >= 0.6 is 0 Å². The van der Waals surface area contributed by atoms with Gasteiger partial charge in [0, 0.05) is 18.5 Å². The predicted molar refractivity (Wildman–Crippen MR) is 77.2 cm³/mol. The van der Waals surface area contributed by atoms with Crippen molar-refractivity contribution in [2.75, 3.05) is 6.54 Å². The van der Waals surface area contributed by atoms with Crippen LogP contribution < -0.4 is 4.72 Å². The maximum atomic E-state index is 12.1. The Hall–Kier alpha value is -1.24. The fourth-order valence-corrected chi connectivity index (χ4v) is 2.71. The highest BCUT2D eigenvalue weighted by molar-refractivity contribution is 7.89. The molecule has 0 spiro atoms. The molecule has 6 heteroatoms. The molecule has 0 amide bonds. The minimum absolute atomic E-state index is 0.0312. The summed E-state index contributed by atoms with van der Waals surface area (Å²) in [6, 6.07) is 5.91. The van der Waals surface area contributed by atoms with Gasteiger partial charge in [0.1, 0.15) is 0 Å². The van der Waals surface area contributed by atoms with Crippen molar-refractivity contribution in [1.29, 1.82) is 0 Å². The zero-order chi connectivity index (χ0) is 15.4. The van der Waals surface area contributed by atoms with Crippen LogP contribution in [0.4, 0.5) is 0 Å². The monoisotopic (exact) mass is 299 g/mol. The minimum Gasteiger partial charge on any atom is -0.389 e. The van der Waals surface area contributed by atoms with Gasteiger partial charge in [-0.3, -0.25) is 4.79 Å². The van der Waals surface area contributed by atoms with E-state index in [0.29, 0.717) is 18.4 Å². The number of sulfonamides is 1. The van der Waals surface area contributed by atoms with Crippen LogP contribution in [0.2, 0.25) is 0 Å². The summed E-state index contributed by atoms with van der Waals surface area (Å²) in [7, 11) is -3.73. The molecule has 5 nitrogen and oxygen atoms in total. The first-order valence-electron chi connectivity index (χ1n) is 6.57. The van der Waals surface area contributed by atoms with E-state index >= 15 is 0 Å². The molecular formula is C14H21NO4S. The smallest absolute Gasteiger partial charge is 0.240 e. The van der Waals surface area contributed by atoms with Crippen LogP contribution in [0, 0.1) is 0 Å². The molecule has 0 saturated heterocycles. The summed E-state index contributed by atoms with van der Waals surface area (Å²) in [6.07, 6.45) is 0.755. The summed E-state index contributed by atoms with van der Waals surface area (Å²) in [5.74, 6) is -0.109. The van der Waals surface area contributed by atoms with Gasteiger partial charge in [-0.15, -0.1) is 0 Å². The molecule has 0 aliphatic carbocycles. The summed E-state index contributed by atoms with van der Waals surface area (Å²) in [4.78, 5) is 11.6. The molecule has 112 valence electrons. The molecule has 1 aromatic carbocycles. The maximum absolute atomic E-state index is 12.1. The normalized spacial score (nSPS) is 14.8. The molecular weight excluding hydrogens is 278 g/mol. The summed E-state index contributed by atoms with van der Waals surface area (Å²) < 4.78 is 26.6. The number of ketones is 1. The fraction of sp³-hybridized carbons (Fsp3) is 0.500. The number of Topliss-reactive ketones (excluding diaryl/α,β-unsaturated/α-hetero) is 1. The first kappa shape index (κ1) is 16.8. The largest absolute Gasteiger partial charge is 0.389 e. The molecule has 0 radical (unpaired) electrons. The van der Waals surface area contributed by atoms with E-state index in [0.717, 1.165) is 0 Å². The highest BCUT2D eigenvalue weighted by atomic mass is 32.2. The number of benzene rings is 1. The second-order valence-corrected chi connectivity index (χ2v) is 6.75.